The first kappa shape index (κ1) is 15.2. The second-order valence-electron chi connectivity index (χ2n) is 4.87. The highest BCUT2D eigenvalue weighted by molar-refractivity contribution is 5.56. The van der Waals surface area contributed by atoms with Crippen LogP contribution in [0.4, 0.5) is 4.39 Å². The van der Waals surface area contributed by atoms with E-state index in [4.69, 9.17) is 4.74 Å². The molecule has 0 spiro atoms. The number of ether oxygens (including phenoxy) is 1. The molecule has 0 radical (unpaired) electrons. The van der Waals surface area contributed by atoms with Gasteiger partial charge in [-0.05, 0) is 42.3 Å². The molecule has 110 valence electrons. The summed E-state index contributed by atoms with van der Waals surface area (Å²) in [6.07, 6.45) is 0.871. The Kier molecular flexibility index (Phi) is 5.46. The third-order valence-corrected chi connectivity index (χ3v) is 3.05. The molecule has 0 fully saturated rings. The SMILES string of the molecule is C[C@@H](C=O)NCc1ccc(OCc2cccc(F)c2)cc1. The van der Waals surface area contributed by atoms with Crippen molar-refractivity contribution < 1.29 is 13.9 Å². The molecule has 3 nitrogen and oxygen atoms in total. The van der Waals surface area contributed by atoms with E-state index in [0.717, 1.165) is 23.2 Å². The average molecular weight is 287 g/mol. The van der Waals surface area contributed by atoms with E-state index < -0.39 is 0 Å². The quantitative estimate of drug-likeness (QED) is 0.795. The molecule has 21 heavy (non-hydrogen) atoms. The summed E-state index contributed by atoms with van der Waals surface area (Å²) in [6, 6.07) is 13.8. The van der Waals surface area contributed by atoms with Gasteiger partial charge in [-0.3, -0.25) is 0 Å². The van der Waals surface area contributed by atoms with Crippen molar-refractivity contribution in [2.24, 2.45) is 0 Å². The van der Waals surface area contributed by atoms with Gasteiger partial charge in [-0.2, -0.15) is 0 Å². The normalized spacial score (nSPS) is 11.9. The molecular weight excluding hydrogens is 269 g/mol. The summed E-state index contributed by atoms with van der Waals surface area (Å²) < 4.78 is 18.6. The first-order valence-electron chi connectivity index (χ1n) is 6.82. The molecule has 4 heteroatoms. The predicted octanol–water partition coefficient (Wildman–Crippen LogP) is 3.08. The minimum atomic E-state index is -0.262. The number of aldehydes is 1. The number of carbonyl (C=O) groups excluding carboxylic acids is 1. The molecule has 0 aromatic heterocycles. The third-order valence-electron chi connectivity index (χ3n) is 3.05. The maximum Gasteiger partial charge on any atom is 0.136 e. The van der Waals surface area contributed by atoms with Gasteiger partial charge in [0.2, 0.25) is 0 Å². The van der Waals surface area contributed by atoms with Gasteiger partial charge in [0.1, 0.15) is 24.5 Å². The van der Waals surface area contributed by atoms with E-state index in [1.54, 1.807) is 6.07 Å². The maximum absolute atomic E-state index is 13.0. The van der Waals surface area contributed by atoms with E-state index in [2.05, 4.69) is 5.32 Å². The van der Waals surface area contributed by atoms with Gasteiger partial charge in [0.25, 0.3) is 0 Å². The number of carbonyl (C=O) groups is 1. The van der Waals surface area contributed by atoms with Gasteiger partial charge >= 0.3 is 0 Å². The fourth-order valence-corrected chi connectivity index (χ4v) is 1.82. The standard InChI is InChI=1S/C17H18FNO2/c1-13(11-20)19-10-14-5-7-17(8-6-14)21-12-15-3-2-4-16(18)9-15/h2-9,11,13,19H,10,12H2,1H3/t13-/m0/s1. The highest BCUT2D eigenvalue weighted by Crippen LogP contribution is 2.14. The van der Waals surface area contributed by atoms with Crippen molar-refractivity contribution in [3.63, 3.8) is 0 Å². The Morgan fingerprint density at radius 3 is 2.62 bits per heavy atom. The topological polar surface area (TPSA) is 38.3 Å². The van der Waals surface area contributed by atoms with E-state index in [9.17, 15) is 9.18 Å². The second-order valence-corrected chi connectivity index (χ2v) is 4.87. The van der Waals surface area contributed by atoms with Crippen LogP contribution in [0.3, 0.4) is 0 Å². The summed E-state index contributed by atoms with van der Waals surface area (Å²) in [7, 11) is 0. The number of nitrogens with one attached hydrogen (secondary N) is 1. The molecule has 0 amide bonds. The van der Waals surface area contributed by atoms with Crippen LogP contribution in [0.25, 0.3) is 0 Å². The van der Waals surface area contributed by atoms with Gasteiger partial charge in [0, 0.05) is 6.54 Å². The minimum Gasteiger partial charge on any atom is -0.489 e. The van der Waals surface area contributed by atoms with Gasteiger partial charge in [-0.15, -0.1) is 0 Å². The molecule has 2 rings (SSSR count). The Morgan fingerprint density at radius 1 is 1.19 bits per heavy atom. The third kappa shape index (κ3) is 5.00. The van der Waals surface area contributed by atoms with Crippen molar-refractivity contribution >= 4 is 6.29 Å². The van der Waals surface area contributed by atoms with Gasteiger partial charge in [-0.1, -0.05) is 24.3 Å². The molecule has 2 aromatic rings. The van der Waals surface area contributed by atoms with Crippen LogP contribution >= 0.6 is 0 Å². The van der Waals surface area contributed by atoms with Crippen LogP contribution in [-0.4, -0.2) is 12.3 Å². The largest absolute Gasteiger partial charge is 0.489 e. The first-order valence-corrected chi connectivity index (χ1v) is 6.82. The zero-order valence-electron chi connectivity index (χ0n) is 11.9. The van der Waals surface area contributed by atoms with E-state index in [1.165, 1.54) is 12.1 Å². The Bertz CT molecular complexity index is 584. The van der Waals surface area contributed by atoms with Crippen LogP contribution in [0.15, 0.2) is 48.5 Å². The Hall–Kier alpha value is -2.20. The molecule has 0 aliphatic rings. The summed E-state index contributed by atoms with van der Waals surface area (Å²) in [4.78, 5) is 10.5. The molecule has 1 atom stereocenters. The number of hydrogen-bond donors (Lipinski definition) is 1. The van der Waals surface area contributed by atoms with Gasteiger partial charge in [-0.25, -0.2) is 4.39 Å². The molecule has 0 aliphatic carbocycles. The second kappa shape index (κ2) is 7.55. The van der Waals surface area contributed by atoms with Crippen molar-refractivity contribution in [1.29, 1.82) is 0 Å². The van der Waals surface area contributed by atoms with Crippen LogP contribution < -0.4 is 10.1 Å². The monoisotopic (exact) mass is 287 g/mol. The van der Waals surface area contributed by atoms with Gasteiger partial charge in [0.05, 0.1) is 6.04 Å². The summed E-state index contributed by atoms with van der Waals surface area (Å²) in [5.74, 6) is 0.466. The lowest BCUT2D eigenvalue weighted by Crippen LogP contribution is -2.26. The maximum atomic E-state index is 13.0. The number of rotatable bonds is 7. The van der Waals surface area contributed by atoms with E-state index in [-0.39, 0.29) is 11.9 Å². The molecule has 2 aromatic carbocycles. The fourth-order valence-electron chi connectivity index (χ4n) is 1.82. The molecule has 1 N–H and O–H groups in total. The van der Waals surface area contributed by atoms with Crippen LogP contribution in [0.1, 0.15) is 18.1 Å². The average Bonchev–Trinajstić information content (AvgIpc) is 2.51. The molecule has 0 saturated heterocycles. The van der Waals surface area contributed by atoms with Crippen LogP contribution in [-0.2, 0) is 17.9 Å². The minimum absolute atomic E-state index is 0.158. The van der Waals surface area contributed by atoms with E-state index >= 15 is 0 Å². The van der Waals surface area contributed by atoms with Crippen LogP contribution in [0.5, 0.6) is 5.75 Å². The van der Waals surface area contributed by atoms with Gasteiger partial charge < -0.3 is 14.8 Å². The van der Waals surface area contributed by atoms with E-state index in [1.807, 2.05) is 37.3 Å². The smallest absolute Gasteiger partial charge is 0.136 e. The summed E-state index contributed by atoms with van der Waals surface area (Å²) >= 11 is 0. The first-order chi connectivity index (χ1) is 10.2. The number of halogens is 1. The lowest BCUT2D eigenvalue weighted by Gasteiger charge is -2.09. The summed E-state index contributed by atoms with van der Waals surface area (Å²) in [6.45, 7) is 2.77. The van der Waals surface area contributed by atoms with Crippen molar-refractivity contribution in [2.75, 3.05) is 0 Å². The van der Waals surface area contributed by atoms with Crippen LogP contribution in [0, 0.1) is 5.82 Å². The van der Waals surface area contributed by atoms with Crippen LogP contribution in [0.2, 0.25) is 0 Å². The lowest BCUT2D eigenvalue weighted by atomic mass is 10.2. The molecule has 0 bridgehead atoms. The molecule has 0 heterocycles. The fraction of sp³-hybridized carbons (Fsp3) is 0.235. The summed E-state index contributed by atoms with van der Waals surface area (Å²) in [5, 5.41) is 3.08. The van der Waals surface area contributed by atoms with E-state index in [0.29, 0.717) is 13.2 Å². The Labute approximate surface area is 123 Å². The zero-order valence-corrected chi connectivity index (χ0v) is 11.9. The zero-order chi connectivity index (χ0) is 15.1. The van der Waals surface area contributed by atoms with Crippen molar-refractivity contribution in [3.8, 4) is 5.75 Å². The highest BCUT2D eigenvalue weighted by Gasteiger charge is 2.01. The molecule has 0 aliphatic heterocycles. The Balaban J connectivity index is 1.86. The van der Waals surface area contributed by atoms with Crippen molar-refractivity contribution in [3.05, 3.63) is 65.5 Å². The lowest BCUT2D eigenvalue weighted by molar-refractivity contribution is -0.109. The number of hydrogen-bond acceptors (Lipinski definition) is 3. The van der Waals surface area contributed by atoms with Crippen molar-refractivity contribution in [2.45, 2.75) is 26.1 Å². The van der Waals surface area contributed by atoms with Crippen molar-refractivity contribution in [1.82, 2.24) is 5.32 Å². The van der Waals surface area contributed by atoms with Gasteiger partial charge in [0.15, 0.2) is 0 Å². The molecule has 0 saturated carbocycles. The molecular formula is C17H18FNO2. The predicted molar refractivity (Wildman–Crippen MR) is 79.5 cm³/mol. The summed E-state index contributed by atoms with van der Waals surface area (Å²) in [5.41, 5.74) is 1.86. The Morgan fingerprint density at radius 2 is 1.95 bits per heavy atom. The highest BCUT2D eigenvalue weighted by atomic mass is 19.1. The molecule has 0 unspecified atom stereocenters. The number of benzene rings is 2.